The smallest absolute Gasteiger partial charge is 0.243 e. The molecule has 2 heterocycles. The molecule has 1 aliphatic rings. The van der Waals surface area contributed by atoms with Crippen molar-refractivity contribution in [3.8, 4) is 17.0 Å². The lowest BCUT2D eigenvalue weighted by molar-refractivity contribution is -0.119. The first-order valence-corrected chi connectivity index (χ1v) is 9.14. The fraction of sp³-hybridized carbons (Fsp3) is 0.200. The maximum atomic E-state index is 14.5. The number of amides is 1. The van der Waals surface area contributed by atoms with Crippen molar-refractivity contribution in [1.82, 2.24) is 10.5 Å². The van der Waals surface area contributed by atoms with Gasteiger partial charge in [-0.25, -0.2) is 8.78 Å². The van der Waals surface area contributed by atoms with Crippen molar-refractivity contribution in [3.63, 3.8) is 0 Å². The second-order valence-corrected chi connectivity index (χ2v) is 7.00. The van der Waals surface area contributed by atoms with Crippen LogP contribution >= 0.6 is 11.6 Å². The number of nitrogens with one attached hydrogen (secondary N) is 2. The summed E-state index contributed by atoms with van der Waals surface area (Å²) in [5.41, 5.74) is 1.10. The van der Waals surface area contributed by atoms with Gasteiger partial charge in [0.25, 0.3) is 0 Å². The highest BCUT2D eigenvalue weighted by Gasteiger charge is 2.39. The fourth-order valence-corrected chi connectivity index (χ4v) is 3.47. The van der Waals surface area contributed by atoms with Gasteiger partial charge in [0.2, 0.25) is 11.8 Å². The van der Waals surface area contributed by atoms with Crippen LogP contribution in [0.2, 0.25) is 5.02 Å². The second kappa shape index (κ2) is 7.71. The summed E-state index contributed by atoms with van der Waals surface area (Å²) in [5.74, 6) is -2.47. The summed E-state index contributed by atoms with van der Waals surface area (Å²) < 4.78 is 39.2. The van der Waals surface area contributed by atoms with Crippen LogP contribution in [0.3, 0.4) is 0 Å². The van der Waals surface area contributed by atoms with Crippen molar-refractivity contribution in [1.29, 1.82) is 0 Å². The van der Waals surface area contributed by atoms with Crippen LogP contribution in [0.4, 0.5) is 14.7 Å². The van der Waals surface area contributed by atoms with E-state index in [9.17, 15) is 13.6 Å². The lowest BCUT2D eigenvalue weighted by atomic mass is 9.92. The molecule has 6 nitrogen and oxygen atoms in total. The number of carbonyl (C=O) groups excluding carboxylic acids is 1. The zero-order valence-electron chi connectivity index (χ0n) is 15.2. The molecule has 2 atom stereocenters. The van der Waals surface area contributed by atoms with Gasteiger partial charge < -0.3 is 19.9 Å². The summed E-state index contributed by atoms with van der Waals surface area (Å²) in [4.78, 5) is 12.3. The molecule has 0 unspecified atom stereocenters. The third-order valence-electron chi connectivity index (χ3n) is 4.79. The Kier molecular flexibility index (Phi) is 5.10. The fourth-order valence-electron chi connectivity index (χ4n) is 3.34. The number of methoxy groups -OCH3 is 1. The van der Waals surface area contributed by atoms with Crippen LogP contribution in [0.25, 0.3) is 11.3 Å². The zero-order valence-corrected chi connectivity index (χ0v) is 16.0. The molecule has 150 valence electrons. The largest absolute Gasteiger partial charge is 0.497 e. The highest BCUT2D eigenvalue weighted by atomic mass is 35.5. The Morgan fingerprint density at radius 1 is 1.21 bits per heavy atom. The van der Waals surface area contributed by atoms with Gasteiger partial charge in [-0.2, -0.15) is 0 Å². The number of anilines is 1. The van der Waals surface area contributed by atoms with Crippen LogP contribution in [0.5, 0.6) is 5.75 Å². The molecule has 3 aromatic rings. The summed E-state index contributed by atoms with van der Waals surface area (Å²) in [5, 5.41) is 10.1. The average molecular weight is 420 g/mol. The second-order valence-electron chi connectivity index (χ2n) is 6.56. The number of ether oxygens (including phenoxy) is 1. The molecular formula is C20H16ClF2N3O3. The number of benzene rings is 2. The first-order valence-electron chi connectivity index (χ1n) is 8.76. The Balaban J connectivity index is 1.59. The zero-order chi connectivity index (χ0) is 20.5. The van der Waals surface area contributed by atoms with Crippen molar-refractivity contribution in [2.24, 2.45) is 0 Å². The van der Waals surface area contributed by atoms with Crippen LogP contribution < -0.4 is 15.4 Å². The van der Waals surface area contributed by atoms with E-state index in [1.54, 1.807) is 30.3 Å². The molecule has 1 amide bonds. The number of carbonyl (C=O) groups is 1. The molecule has 1 aromatic heterocycles. The Morgan fingerprint density at radius 2 is 1.90 bits per heavy atom. The molecule has 29 heavy (non-hydrogen) atoms. The van der Waals surface area contributed by atoms with E-state index in [0.717, 1.165) is 17.7 Å². The number of halogens is 3. The van der Waals surface area contributed by atoms with Crippen LogP contribution in [0.15, 0.2) is 47.0 Å². The van der Waals surface area contributed by atoms with Gasteiger partial charge in [0.15, 0.2) is 0 Å². The Hall–Kier alpha value is -3.13. The number of aromatic nitrogens is 1. The van der Waals surface area contributed by atoms with E-state index in [0.29, 0.717) is 10.7 Å². The van der Waals surface area contributed by atoms with Crippen molar-refractivity contribution < 1.29 is 22.8 Å². The third-order valence-corrected chi connectivity index (χ3v) is 5.04. The van der Waals surface area contributed by atoms with Crippen LogP contribution in [0, 0.1) is 11.6 Å². The Bertz CT molecular complexity index is 1030. The van der Waals surface area contributed by atoms with Gasteiger partial charge in [0, 0.05) is 46.8 Å². The van der Waals surface area contributed by atoms with Crippen molar-refractivity contribution in [2.45, 2.75) is 12.0 Å². The lowest BCUT2D eigenvalue weighted by Gasteiger charge is -2.19. The van der Waals surface area contributed by atoms with E-state index in [4.69, 9.17) is 20.9 Å². The maximum absolute atomic E-state index is 14.5. The first-order chi connectivity index (χ1) is 14.0. The van der Waals surface area contributed by atoms with E-state index in [-0.39, 0.29) is 23.7 Å². The molecule has 9 heteroatoms. The van der Waals surface area contributed by atoms with E-state index < -0.39 is 29.5 Å². The molecule has 2 aromatic carbocycles. The van der Waals surface area contributed by atoms with E-state index in [1.807, 2.05) is 0 Å². The van der Waals surface area contributed by atoms with Crippen molar-refractivity contribution in [2.75, 3.05) is 19.0 Å². The molecule has 1 aliphatic heterocycles. The Labute approximate surface area is 169 Å². The molecule has 4 rings (SSSR count). The number of nitrogens with zero attached hydrogens (tertiary/aromatic N) is 1. The Morgan fingerprint density at radius 3 is 2.55 bits per heavy atom. The molecule has 2 N–H and O–H groups in total. The van der Waals surface area contributed by atoms with Gasteiger partial charge in [-0.15, -0.1) is 0 Å². The lowest BCUT2D eigenvalue weighted by Crippen LogP contribution is -2.32. The van der Waals surface area contributed by atoms with Gasteiger partial charge >= 0.3 is 0 Å². The molecule has 0 spiro atoms. The minimum Gasteiger partial charge on any atom is -0.497 e. The summed E-state index contributed by atoms with van der Waals surface area (Å²) in [6.45, 7) is 0.0782. The first kappa shape index (κ1) is 19.2. The summed E-state index contributed by atoms with van der Waals surface area (Å²) >= 11 is 5.88. The maximum Gasteiger partial charge on any atom is 0.243 e. The summed E-state index contributed by atoms with van der Waals surface area (Å²) in [6.07, 6.45) is 0. The molecule has 1 fully saturated rings. The van der Waals surface area contributed by atoms with Gasteiger partial charge in [-0.1, -0.05) is 28.9 Å². The molecule has 0 aliphatic carbocycles. The molecule has 0 saturated carbocycles. The summed E-state index contributed by atoms with van der Waals surface area (Å²) in [6, 6.07) is 9.83. The number of rotatable bonds is 5. The molecule has 1 saturated heterocycles. The van der Waals surface area contributed by atoms with Gasteiger partial charge in [-0.3, -0.25) is 4.79 Å². The monoisotopic (exact) mass is 419 g/mol. The topological polar surface area (TPSA) is 76.4 Å². The predicted molar refractivity (Wildman–Crippen MR) is 103 cm³/mol. The van der Waals surface area contributed by atoms with E-state index in [2.05, 4.69) is 15.8 Å². The van der Waals surface area contributed by atoms with Crippen molar-refractivity contribution >= 4 is 23.4 Å². The average Bonchev–Trinajstić information content (AvgIpc) is 3.30. The van der Waals surface area contributed by atoms with E-state index >= 15 is 0 Å². The molecule has 0 bridgehead atoms. The van der Waals surface area contributed by atoms with Crippen LogP contribution in [-0.4, -0.2) is 30.8 Å². The summed E-state index contributed by atoms with van der Waals surface area (Å²) in [7, 11) is 1.32. The quantitative estimate of drug-likeness (QED) is 0.654. The van der Waals surface area contributed by atoms with Crippen molar-refractivity contribution in [3.05, 3.63) is 64.7 Å². The predicted octanol–water partition coefficient (Wildman–Crippen LogP) is 3.98. The highest BCUT2D eigenvalue weighted by molar-refractivity contribution is 6.30. The van der Waals surface area contributed by atoms with Gasteiger partial charge in [-0.05, 0) is 12.1 Å². The SMILES string of the molecule is COc1cc(F)c([C@@H]2CNC(=O)[C@H]2Nc2cc(-c3ccc(Cl)cc3)no2)c(F)c1. The third kappa shape index (κ3) is 3.75. The normalized spacial score (nSPS) is 18.6. The minimum absolute atomic E-state index is 0.0633. The molecular weight excluding hydrogens is 404 g/mol. The number of hydrogen-bond donors (Lipinski definition) is 2. The standard InChI is InChI=1S/C20H16ClF2N3O3/c1-28-12-6-14(22)18(15(23)7-12)13-9-24-20(27)19(13)25-17-8-16(26-29-17)10-2-4-11(21)5-3-10/h2-8,13,19,25H,9H2,1H3,(H,24,27)/t13-,19-/m0/s1. The van der Waals surface area contributed by atoms with E-state index in [1.165, 1.54) is 7.11 Å². The molecule has 0 radical (unpaired) electrons. The minimum atomic E-state index is -0.932. The number of hydrogen-bond acceptors (Lipinski definition) is 5. The van der Waals surface area contributed by atoms with Crippen LogP contribution in [-0.2, 0) is 4.79 Å². The highest BCUT2D eigenvalue weighted by Crippen LogP contribution is 2.33. The van der Waals surface area contributed by atoms with Gasteiger partial charge in [0.05, 0.1) is 7.11 Å². The van der Waals surface area contributed by atoms with Gasteiger partial charge in [0.1, 0.15) is 29.1 Å². The van der Waals surface area contributed by atoms with Crippen LogP contribution in [0.1, 0.15) is 11.5 Å².